The van der Waals surface area contributed by atoms with Gasteiger partial charge in [0.25, 0.3) is 0 Å². The zero-order chi connectivity index (χ0) is 13.4. The van der Waals surface area contributed by atoms with E-state index < -0.39 is 0 Å². The zero-order valence-electron chi connectivity index (χ0n) is 9.56. The highest BCUT2D eigenvalue weighted by molar-refractivity contribution is 9.10. The van der Waals surface area contributed by atoms with Crippen molar-refractivity contribution >= 4 is 44.8 Å². The summed E-state index contributed by atoms with van der Waals surface area (Å²) in [4.78, 5) is 0.931. The minimum Gasteiger partial charge on any atom is -0.367 e. The van der Waals surface area contributed by atoms with Gasteiger partial charge in [-0.1, -0.05) is 44.8 Å². The van der Waals surface area contributed by atoms with Gasteiger partial charge in [0, 0.05) is 4.47 Å². The number of anilines is 1. The van der Waals surface area contributed by atoms with Crippen molar-refractivity contribution in [2.24, 2.45) is 0 Å². The van der Waals surface area contributed by atoms with Gasteiger partial charge in [0.15, 0.2) is 0 Å². The molecule has 3 rings (SSSR count). The Bertz CT molecular complexity index is 738. The van der Waals surface area contributed by atoms with Crippen LogP contribution in [0.4, 0.5) is 5.88 Å². The quantitative estimate of drug-likeness (QED) is 0.698. The van der Waals surface area contributed by atoms with Gasteiger partial charge in [-0.25, -0.2) is 0 Å². The van der Waals surface area contributed by atoms with Crippen LogP contribution in [0.5, 0.6) is 0 Å². The normalized spacial score (nSPS) is 10.8. The van der Waals surface area contributed by atoms with E-state index in [1.165, 1.54) is 11.3 Å². The molecule has 3 nitrogen and oxygen atoms in total. The van der Waals surface area contributed by atoms with Gasteiger partial charge >= 0.3 is 0 Å². The monoisotopic (exact) mass is 354 g/mol. The summed E-state index contributed by atoms with van der Waals surface area (Å²) in [7, 11) is 0. The molecule has 0 aliphatic rings. The first-order chi connectivity index (χ1) is 9.15. The number of thiophene rings is 1. The average Bonchev–Trinajstić information content (AvgIpc) is 2.95. The summed E-state index contributed by atoms with van der Waals surface area (Å²) in [5, 5.41) is 4.04. The third kappa shape index (κ3) is 2.41. The highest BCUT2D eigenvalue weighted by atomic mass is 79.9. The molecule has 0 amide bonds. The Morgan fingerprint density at radius 1 is 1.26 bits per heavy atom. The molecule has 1 aromatic carbocycles. The fraction of sp³-hybridized carbons (Fsp3) is 0. The van der Waals surface area contributed by atoms with Gasteiger partial charge in [-0.3, -0.25) is 0 Å². The fourth-order valence-corrected chi connectivity index (χ4v) is 3.27. The first-order valence-electron chi connectivity index (χ1n) is 5.42. The minimum absolute atomic E-state index is 0.303. The van der Waals surface area contributed by atoms with Crippen molar-refractivity contribution in [3.8, 4) is 21.7 Å². The second-order valence-electron chi connectivity index (χ2n) is 3.88. The Balaban J connectivity index is 2.19. The van der Waals surface area contributed by atoms with E-state index in [0.29, 0.717) is 15.9 Å². The van der Waals surface area contributed by atoms with Gasteiger partial charge in [0.05, 0.1) is 14.8 Å². The maximum atomic E-state index is 5.96. The summed E-state index contributed by atoms with van der Waals surface area (Å²) in [6.07, 6.45) is 0. The molecular formula is C13H8BrClN2OS. The number of hydrogen-bond acceptors (Lipinski definition) is 4. The van der Waals surface area contributed by atoms with Crippen LogP contribution in [-0.2, 0) is 0 Å². The van der Waals surface area contributed by atoms with Crippen LogP contribution in [0.2, 0.25) is 4.34 Å². The highest BCUT2D eigenvalue weighted by Crippen LogP contribution is 2.40. The molecule has 0 saturated heterocycles. The van der Waals surface area contributed by atoms with Crippen LogP contribution in [0.15, 0.2) is 45.4 Å². The van der Waals surface area contributed by atoms with Crippen molar-refractivity contribution < 1.29 is 4.52 Å². The van der Waals surface area contributed by atoms with E-state index in [2.05, 4.69) is 21.1 Å². The number of nitrogen functional groups attached to an aromatic ring is 1. The van der Waals surface area contributed by atoms with E-state index in [1.54, 1.807) is 0 Å². The van der Waals surface area contributed by atoms with Crippen LogP contribution in [0.1, 0.15) is 0 Å². The lowest BCUT2D eigenvalue weighted by Crippen LogP contribution is -1.86. The second kappa shape index (κ2) is 5.00. The van der Waals surface area contributed by atoms with Crippen molar-refractivity contribution in [1.82, 2.24) is 5.16 Å². The van der Waals surface area contributed by atoms with E-state index in [4.69, 9.17) is 21.9 Å². The molecular weight excluding hydrogens is 348 g/mol. The summed E-state index contributed by atoms with van der Waals surface area (Å²) in [6, 6.07) is 11.6. The van der Waals surface area contributed by atoms with Gasteiger partial charge in [0.2, 0.25) is 5.88 Å². The standard InChI is InChI=1S/C13H8BrClN2OS/c14-8-3-1-2-7(6-8)11-12(17-18-13(11)16)9-4-5-10(15)19-9/h1-6H,16H2. The molecule has 0 atom stereocenters. The molecule has 0 unspecified atom stereocenters. The Morgan fingerprint density at radius 3 is 2.79 bits per heavy atom. The molecule has 19 heavy (non-hydrogen) atoms. The van der Waals surface area contributed by atoms with Gasteiger partial charge in [-0.05, 0) is 29.8 Å². The number of rotatable bonds is 2. The molecule has 2 heterocycles. The second-order valence-corrected chi connectivity index (χ2v) is 6.52. The van der Waals surface area contributed by atoms with Crippen LogP contribution in [-0.4, -0.2) is 5.16 Å². The molecule has 0 fully saturated rings. The van der Waals surface area contributed by atoms with Crippen molar-refractivity contribution in [3.05, 3.63) is 45.2 Å². The van der Waals surface area contributed by atoms with E-state index in [0.717, 1.165) is 20.5 Å². The molecule has 0 saturated carbocycles. The molecule has 0 aliphatic heterocycles. The van der Waals surface area contributed by atoms with Crippen LogP contribution in [0.3, 0.4) is 0 Å². The van der Waals surface area contributed by atoms with Crippen LogP contribution in [0.25, 0.3) is 21.7 Å². The van der Waals surface area contributed by atoms with Crippen molar-refractivity contribution in [1.29, 1.82) is 0 Å². The Kier molecular flexibility index (Phi) is 3.35. The lowest BCUT2D eigenvalue weighted by Gasteiger charge is -2.01. The van der Waals surface area contributed by atoms with E-state index in [9.17, 15) is 0 Å². The molecule has 6 heteroatoms. The van der Waals surface area contributed by atoms with Gasteiger partial charge in [0.1, 0.15) is 5.69 Å². The largest absolute Gasteiger partial charge is 0.367 e. The summed E-state index contributed by atoms with van der Waals surface area (Å²) in [5.41, 5.74) is 8.35. The topological polar surface area (TPSA) is 52.0 Å². The number of hydrogen-bond donors (Lipinski definition) is 1. The van der Waals surface area contributed by atoms with Gasteiger partial charge in [-0.2, -0.15) is 0 Å². The average molecular weight is 356 g/mol. The SMILES string of the molecule is Nc1onc(-c2ccc(Cl)s2)c1-c1cccc(Br)c1. The first-order valence-corrected chi connectivity index (χ1v) is 7.40. The van der Waals surface area contributed by atoms with E-state index in [1.807, 2.05) is 36.4 Å². The molecule has 0 bridgehead atoms. The number of halogens is 2. The number of nitrogens with zero attached hydrogens (tertiary/aromatic N) is 1. The Labute approximate surface area is 127 Å². The van der Waals surface area contributed by atoms with E-state index in [-0.39, 0.29) is 0 Å². The predicted molar refractivity (Wildman–Crippen MR) is 82.4 cm³/mol. The van der Waals surface area contributed by atoms with E-state index >= 15 is 0 Å². The van der Waals surface area contributed by atoms with Crippen LogP contribution >= 0.6 is 38.9 Å². The number of nitrogens with two attached hydrogens (primary N) is 1. The first kappa shape index (κ1) is 12.7. The highest BCUT2D eigenvalue weighted by Gasteiger charge is 2.18. The lowest BCUT2D eigenvalue weighted by atomic mass is 10.1. The minimum atomic E-state index is 0.303. The van der Waals surface area contributed by atoms with Crippen LogP contribution < -0.4 is 5.73 Å². The van der Waals surface area contributed by atoms with Gasteiger partial charge in [-0.15, -0.1) is 11.3 Å². The van der Waals surface area contributed by atoms with Gasteiger partial charge < -0.3 is 10.3 Å². The lowest BCUT2D eigenvalue weighted by molar-refractivity contribution is 0.439. The maximum absolute atomic E-state index is 5.96. The van der Waals surface area contributed by atoms with Crippen molar-refractivity contribution in [2.75, 3.05) is 5.73 Å². The number of aromatic nitrogens is 1. The van der Waals surface area contributed by atoms with Crippen LogP contribution in [0, 0.1) is 0 Å². The van der Waals surface area contributed by atoms with Crippen molar-refractivity contribution in [3.63, 3.8) is 0 Å². The Hall–Kier alpha value is -1.30. The molecule has 2 N–H and O–H groups in total. The molecule has 2 aromatic heterocycles. The summed E-state index contributed by atoms with van der Waals surface area (Å²) in [5.74, 6) is 0.303. The summed E-state index contributed by atoms with van der Waals surface area (Å²) in [6.45, 7) is 0. The molecule has 0 radical (unpaired) electrons. The predicted octanol–water partition coefficient (Wildman–Crippen LogP) is 5.07. The number of benzene rings is 1. The summed E-state index contributed by atoms with van der Waals surface area (Å²) < 4.78 is 6.81. The molecule has 3 aromatic rings. The maximum Gasteiger partial charge on any atom is 0.230 e. The Morgan fingerprint density at radius 2 is 2.11 bits per heavy atom. The molecule has 96 valence electrons. The molecule has 0 aliphatic carbocycles. The zero-order valence-corrected chi connectivity index (χ0v) is 12.7. The molecule has 0 spiro atoms. The fourth-order valence-electron chi connectivity index (χ4n) is 1.84. The van der Waals surface area contributed by atoms with Crippen molar-refractivity contribution in [2.45, 2.75) is 0 Å². The smallest absolute Gasteiger partial charge is 0.230 e. The summed E-state index contributed by atoms with van der Waals surface area (Å²) >= 11 is 10.9. The third-order valence-electron chi connectivity index (χ3n) is 2.64. The third-order valence-corrected chi connectivity index (χ3v) is 4.37.